The molecule has 0 saturated heterocycles. The third-order valence-electron chi connectivity index (χ3n) is 2.92. The van der Waals surface area contributed by atoms with Gasteiger partial charge in [-0.05, 0) is 44.9 Å². The first kappa shape index (κ1) is 16.5. The Hall–Kier alpha value is -0.520. The number of allylic oxidation sites excluding steroid dienone is 4. The summed E-state index contributed by atoms with van der Waals surface area (Å²) in [5.41, 5.74) is 0. The molecular weight excluding hydrogens is 204 g/mol. The third-order valence-corrected chi connectivity index (χ3v) is 2.92. The summed E-state index contributed by atoms with van der Waals surface area (Å²) in [6.07, 6.45) is 23.4. The van der Waals surface area contributed by atoms with Crippen LogP contribution in [0.4, 0.5) is 0 Å². The molecule has 0 nitrogen and oxygen atoms in total. The molecule has 0 unspecified atom stereocenters. The van der Waals surface area contributed by atoms with Crippen molar-refractivity contribution in [3.05, 3.63) is 31.2 Å². The van der Waals surface area contributed by atoms with E-state index in [1.54, 1.807) is 0 Å². The van der Waals surface area contributed by atoms with Crippen molar-refractivity contribution in [1.29, 1.82) is 0 Å². The second kappa shape index (κ2) is 15.5. The van der Waals surface area contributed by atoms with Gasteiger partial charge in [-0.15, -0.1) is 0 Å². The molecule has 0 heterocycles. The van der Waals surface area contributed by atoms with E-state index < -0.39 is 0 Å². The maximum Gasteiger partial charge on any atom is -0.0351 e. The Balaban J connectivity index is 3.09. The van der Waals surface area contributed by atoms with Gasteiger partial charge in [0, 0.05) is 0 Å². The molecule has 0 fully saturated rings. The van der Waals surface area contributed by atoms with Crippen molar-refractivity contribution >= 4 is 0 Å². The minimum atomic E-state index is 1.08. The van der Waals surface area contributed by atoms with Crippen molar-refractivity contribution in [3.63, 3.8) is 0 Å². The van der Waals surface area contributed by atoms with Gasteiger partial charge in [-0.2, -0.15) is 0 Å². The molecule has 0 aromatic carbocycles. The molecule has 0 aromatic rings. The molecule has 0 rings (SSSR count). The molecule has 0 heteroatoms. The fourth-order valence-corrected chi connectivity index (χ4v) is 1.76. The average molecular weight is 235 g/mol. The van der Waals surface area contributed by atoms with Crippen LogP contribution < -0.4 is 0 Å². The van der Waals surface area contributed by atoms with Crippen molar-refractivity contribution in [3.8, 4) is 0 Å². The van der Waals surface area contributed by atoms with E-state index in [-0.39, 0.29) is 0 Å². The zero-order valence-corrected chi connectivity index (χ0v) is 11.8. The van der Waals surface area contributed by atoms with Gasteiger partial charge in [-0.3, -0.25) is 0 Å². The van der Waals surface area contributed by atoms with Crippen LogP contribution in [-0.2, 0) is 0 Å². The summed E-state index contributed by atoms with van der Waals surface area (Å²) >= 11 is 0. The number of rotatable bonds is 12. The van der Waals surface area contributed by atoms with Gasteiger partial charge in [0.05, 0.1) is 0 Å². The highest BCUT2D eigenvalue weighted by Crippen LogP contribution is 2.05. The molecule has 0 bridgehead atoms. The molecule has 0 amide bonds. The summed E-state index contributed by atoms with van der Waals surface area (Å²) in [7, 11) is 0. The normalized spacial score (nSPS) is 11.9. The Morgan fingerprint density at radius 3 is 1.47 bits per heavy atom. The van der Waals surface area contributed by atoms with Gasteiger partial charge in [0.1, 0.15) is 0 Å². The van der Waals surface area contributed by atoms with E-state index in [2.05, 4.69) is 38.2 Å². The summed E-state index contributed by atoms with van der Waals surface area (Å²) in [6.45, 7) is 6.10. The minimum Gasteiger partial charge on any atom is -0.0885 e. The Bertz CT molecular complexity index is 176. The molecular formula is C17H31. The van der Waals surface area contributed by atoms with E-state index in [0.29, 0.717) is 0 Å². The van der Waals surface area contributed by atoms with Crippen LogP contribution in [0.15, 0.2) is 24.3 Å². The quantitative estimate of drug-likeness (QED) is 0.277. The molecule has 1 radical (unpaired) electrons. The van der Waals surface area contributed by atoms with Gasteiger partial charge >= 0.3 is 0 Å². The van der Waals surface area contributed by atoms with Gasteiger partial charge in [0.25, 0.3) is 0 Å². The molecule has 0 aromatic heterocycles. The average Bonchev–Trinajstić information content (AvgIpc) is 2.35. The van der Waals surface area contributed by atoms with E-state index in [1.807, 2.05) is 0 Å². The van der Waals surface area contributed by atoms with E-state index >= 15 is 0 Å². The maximum absolute atomic E-state index is 3.85. The van der Waals surface area contributed by atoms with E-state index in [0.717, 1.165) is 6.42 Å². The highest BCUT2D eigenvalue weighted by Gasteiger charge is 1.85. The molecule has 0 spiro atoms. The topological polar surface area (TPSA) is 0 Å². The minimum absolute atomic E-state index is 1.08. The SMILES string of the molecule is [CH2]CCCCC=CCCCCC=CCCCC. The first-order valence-electron chi connectivity index (χ1n) is 7.51. The smallest absolute Gasteiger partial charge is 0.0351 e. The second-order valence-corrected chi connectivity index (χ2v) is 4.72. The van der Waals surface area contributed by atoms with Gasteiger partial charge in [0.2, 0.25) is 0 Å². The Kier molecular flexibility index (Phi) is 15.0. The van der Waals surface area contributed by atoms with Crippen LogP contribution in [0.1, 0.15) is 77.6 Å². The molecule has 99 valence electrons. The number of hydrogen-bond acceptors (Lipinski definition) is 0. The van der Waals surface area contributed by atoms with Crippen molar-refractivity contribution in [2.75, 3.05) is 0 Å². The predicted molar refractivity (Wildman–Crippen MR) is 80.1 cm³/mol. The zero-order chi connectivity index (χ0) is 12.6. The fraction of sp³-hybridized carbons (Fsp3) is 0.706. The van der Waals surface area contributed by atoms with Crippen LogP contribution in [-0.4, -0.2) is 0 Å². The van der Waals surface area contributed by atoms with Crippen LogP contribution in [0.3, 0.4) is 0 Å². The van der Waals surface area contributed by atoms with Crippen molar-refractivity contribution in [2.24, 2.45) is 0 Å². The molecule has 17 heavy (non-hydrogen) atoms. The number of hydrogen-bond donors (Lipinski definition) is 0. The van der Waals surface area contributed by atoms with Gasteiger partial charge in [-0.1, -0.05) is 63.8 Å². The Labute approximate surface area is 109 Å². The summed E-state index contributed by atoms with van der Waals surface area (Å²) in [4.78, 5) is 0. The third kappa shape index (κ3) is 15.5. The molecule has 0 aliphatic heterocycles. The standard InChI is InChI=1S/C17H31/c1-3-5-7-9-11-13-15-17-16-14-12-10-8-6-4-2/h10-13H,1,3-9,14-17H2,2H3. The van der Waals surface area contributed by atoms with Gasteiger partial charge in [0.15, 0.2) is 0 Å². The zero-order valence-electron chi connectivity index (χ0n) is 11.8. The van der Waals surface area contributed by atoms with Crippen LogP contribution in [0.25, 0.3) is 0 Å². The van der Waals surface area contributed by atoms with Gasteiger partial charge in [-0.25, -0.2) is 0 Å². The summed E-state index contributed by atoms with van der Waals surface area (Å²) < 4.78 is 0. The predicted octanol–water partition coefficient (Wildman–Crippen LogP) is 6.24. The maximum atomic E-state index is 3.85. The Morgan fingerprint density at radius 1 is 0.647 bits per heavy atom. The van der Waals surface area contributed by atoms with Crippen LogP contribution in [0.5, 0.6) is 0 Å². The molecule has 0 aliphatic carbocycles. The highest BCUT2D eigenvalue weighted by molar-refractivity contribution is 4.83. The second-order valence-electron chi connectivity index (χ2n) is 4.72. The van der Waals surface area contributed by atoms with Crippen molar-refractivity contribution in [2.45, 2.75) is 77.6 Å². The van der Waals surface area contributed by atoms with Gasteiger partial charge < -0.3 is 0 Å². The lowest BCUT2D eigenvalue weighted by Gasteiger charge is -1.94. The first-order chi connectivity index (χ1) is 8.41. The van der Waals surface area contributed by atoms with Crippen LogP contribution in [0, 0.1) is 6.92 Å². The summed E-state index contributed by atoms with van der Waals surface area (Å²) in [6, 6.07) is 0. The molecule has 0 aliphatic rings. The van der Waals surface area contributed by atoms with E-state index in [1.165, 1.54) is 64.2 Å². The Morgan fingerprint density at radius 2 is 1.06 bits per heavy atom. The number of unbranched alkanes of at least 4 members (excludes halogenated alkanes) is 8. The lowest BCUT2D eigenvalue weighted by atomic mass is 10.1. The lowest BCUT2D eigenvalue weighted by Crippen LogP contribution is -1.74. The molecule has 0 atom stereocenters. The fourth-order valence-electron chi connectivity index (χ4n) is 1.76. The van der Waals surface area contributed by atoms with E-state index in [9.17, 15) is 0 Å². The van der Waals surface area contributed by atoms with Crippen LogP contribution in [0.2, 0.25) is 0 Å². The summed E-state index contributed by atoms with van der Waals surface area (Å²) in [5.74, 6) is 0. The first-order valence-corrected chi connectivity index (χ1v) is 7.51. The highest BCUT2D eigenvalue weighted by atomic mass is 13.9. The van der Waals surface area contributed by atoms with Crippen molar-refractivity contribution in [1.82, 2.24) is 0 Å². The molecule has 0 N–H and O–H groups in total. The van der Waals surface area contributed by atoms with Crippen LogP contribution >= 0.6 is 0 Å². The van der Waals surface area contributed by atoms with E-state index in [4.69, 9.17) is 0 Å². The van der Waals surface area contributed by atoms with Crippen molar-refractivity contribution < 1.29 is 0 Å². The largest absolute Gasteiger partial charge is 0.0885 e. The summed E-state index contributed by atoms with van der Waals surface area (Å²) in [5, 5.41) is 0. The molecule has 0 saturated carbocycles. The lowest BCUT2D eigenvalue weighted by molar-refractivity contribution is 0.742. The monoisotopic (exact) mass is 235 g/mol.